The molecule has 3 rings (SSSR count). The summed E-state index contributed by atoms with van der Waals surface area (Å²) in [7, 11) is 0. The Balaban J connectivity index is 1.79. The molecule has 0 radical (unpaired) electrons. The van der Waals surface area contributed by atoms with Crippen LogP contribution < -0.4 is 0 Å². The van der Waals surface area contributed by atoms with Gasteiger partial charge in [0.2, 0.25) is 5.91 Å². The van der Waals surface area contributed by atoms with Gasteiger partial charge in [0.25, 0.3) is 0 Å². The lowest BCUT2D eigenvalue weighted by atomic mass is 9.65. The minimum atomic E-state index is -0.785. The Kier molecular flexibility index (Phi) is 3.77. The van der Waals surface area contributed by atoms with E-state index in [2.05, 4.69) is 25.7 Å². The first kappa shape index (κ1) is 15.8. The van der Waals surface area contributed by atoms with E-state index in [1.54, 1.807) is 0 Å². The number of likely N-dealkylation sites (tertiary alicyclic amines) is 1. The summed E-state index contributed by atoms with van der Waals surface area (Å²) < 4.78 is 0. The van der Waals surface area contributed by atoms with Crippen LogP contribution in [-0.2, 0) is 9.59 Å². The summed E-state index contributed by atoms with van der Waals surface area (Å²) in [6.07, 6.45) is 6.64. The molecule has 1 amide bonds. The molecule has 1 saturated heterocycles. The van der Waals surface area contributed by atoms with E-state index < -0.39 is 11.9 Å². The van der Waals surface area contributed by atoms with Crippen molar-refractivity contribution >= 4 is 11.9 Å². The van der Waals surface area contributed by atoms with Crippen molar-refractivity contribution in [1.29, 1.82) is 0 Å². The number of amides is 1. The molecule has 4 nitrogen and oxygen atoms in total. The molecule has 0 unspecified atom stereocenters. The zero-order valence-corrected chi connectivity index (χ0v) is 14.1. The van der Waals surface area contributed by atoms with Gasteiger partial charge in [-0.25, -0.2) is 0 Å². The molecule has 0 aromatic heterocycles. The third-order valence-electron chi connectivity index (χ3n) is 6.10. The van der Waals surface area contributed by atoms with E-state index in [0.29, 0.717) is 12.5 Å². The summed E-state index contributed by atoms with van der Waals surface area (Å²) >= 11 is 0. The number of nitrogens with zero attached hydrogens (tertiary/aromatic N) is 1. The lowest BCUT2D eigenvalue weighted by Crippen LogP contribution is -2.45. The van der Waals surface area contributed by atoms with Crippen LogP contribution >= 0.6 is 0 Å². The van der Waals surface area contributed by atoms with Crippen LogP contribution in [0.2, 0.25) is 0 Å². The van der Waals surface area contributed by atoms with Crippen molar-refractivity contribution in [2.75, 3.05) is 6.54 Å². The Morgan fingerprint density at radius 2 is 1.68 bits per heavy atom. The molecule has 4 atom stereocenters. The van der Waals surface area contributed by atoms with E-state index in [1.165, 1.54) is 0 Å². The molecule has 4 heteroatoms. The summed E-state index contributed by atoms with van der Waals surface area (Å²) in [6, 6.07) is 0.317. The van der Waals surface area contributed by atoms with Crippen LogP contribution in [0, 0.1) is 22.7 Å². The van der Waals surface area contributed by atoms with Gasteiger partial charge in [0.05, 0.1) is 11.8 Å². The monoisotopic (exact) mass is 307 g/mol. The second-order valence-electron chi connectivity index (χ2n) is 9.02. The van der Waals surface area contributed by atoms with E-state index >= 15 is 0 Å². The lowest BCUT2D eigenvalue weighted by Gasteiger charge is -2.40. The largest absolute Gasteiger partial charge is 0.481 e. The van der Waals surface area contributed by atoms with Crippen molar-refractivity contribution in [3.8, 4) is 0 Å². The summed E-state index contributed by atoms with van der Waals surface area (Å²) in [4.78, 5) is 26.6. The Morgan fingerprint density at radius 1 is 1.05 bits per heavy atom. The first-order valence-electron chi connectivity index (χ1n) is 8.74. The van der Waals surface area contributed by atoms with Gasteiger partial charge in [-0.05, 0) is 42.9 Å². The van der Waals surface area contributed by atoms with Gasteiger partial charge in [0.1, 0.15) is 0 Å². The minimum absolute atomic E-state index is 0.124. The molecular weight excluding hydrogens is 278 g/mol. The van der Waals surface area contributed by atoms with Gasteiger partial charge in [-0.1, -0.05) is 33.6 Å². The number of fused-ring (bicyclic) bond motifs is 2. The van der Waals surface area contributed by atoms with E-state index in [0.717, 1.165) is 45.1 Å². The van der Waals surface area contributed by atoms with Crippen molar-refractivity contribution in [2.24, 2.45) is 22.7 Å². The molecule has 124 valence electrons. The predicted molar refractivity (Wildman–Crippen MR) is 84.3 cm³/mol. The highest BCUT2D eigenvalue weighted by Crippen LogP contribution is 2.53. The average molecular weight is 307 g/mol. The highest BCUT2D eigenvalue weighted by molar-refractivity contribution is 5.85. The highest BCUT2D eigenvalue weighted by Gasteiger charge is 2.52. The zero-order chi connectivity index (χ0) is 16.1. The smallest absolute Gasteiger partial charge is 0.307 e. The molecule has 0 aromatic carbocycles. The molecule has 1 N–H and O–H groups in total. The number of aliphatic carboxylic acids is 1. The minimum Gasteiger partial charge on any atom is -0.481 e. The van der Waals surface area contributed by atoms with Crippen LogP contribution in [0.25, 0.3) is 0 Å². The molecule has 1 heterocycles. The first-order chi connectivity index (χ1) is 10.2. The van der Waals surface area contributed by atoms with Crippen LogP contribution in [0.1, 0.15) is 65.7 Å². The van der Waals surface area contributed by atoms with Gasteiger partial charge >= 0.3 is 5.97 Å². The van der Waals surface area contributed by atoms with Crippen molar-refractivity contribution in [3.63, 3.8) is 0 Å². The highest BCUT2D eigenvalue weighted by atomic mass is 16.4. The van der Waals surface area contributed by atoms with Crippen LogP contribution in [-0.4, -0.2) is 34.5 Å². The maximum absolute atomic E-state index is 13.1. The van der Waals surface area contributed by atoms with Gasteiger partial charge in [0.15, 0.2) is 0 Å². The van der Waals surface area contributed by atoms with Crippen molar-refractivity contribution < 1.29 is 14.7 Å². The standard InChI is InChI=1S/C18H29NO3/c1-17(2)8-12-9-18(3,10-17)11-19(12)15(20)13-6-4-5-7-14(13)16(21)22/h12-14H,4-11H2,1-3H3,(H,21,22)/t12-,13+,14-,18+/m0/s1. The average Bonchev–Trinajstić information content (AvgIpc) is 2.67. The van der Waals surface area contributed by atoms with Crippen LogP contribution in [0.15, 0.2) is 0 Å². The predicted octanol–water partition coefficient (Wildman–Crippen LogP) is 3.30. The molecule has 0 spiro atoms. The van der Waals surface area contributed by atoms with Gasteiger partial charge in [0, 0.05) is 12.6 Å². The quantitative estimate of drug-likeness (QED) is 0.851. The van der Waals surface area contributed by atoms with E-state index in [9.17, 15) is 14.7 Å². The molecule has 3 fully saturated rings. The Morgan fingerprint density at radius 3 is 2.32 bits per heavy atom. The van der Waals surface area contributed by atoms with Crippen molar-refractivity contribution in [3.05, 3.63) is 0 Å². The third-order valence-corrected chi connectivity index (χ3v) is 6.10. The number of hydrogen-bond acceptors (Lipinski definition) is 2. The molecule has 2 bridgehead atoms. The molecule has 22 heavy (non-hydrogen) atoms. The van der Waals surface area contributed by atoms with E-state index in [-0.39, 0.29) is 22.7 Å². The molecule has 3 aliphatic rings. The zero-order valence-electron chi connectivity index (χ0n) is 14.1. The molecule has 1 aliphatic heterocycles. The second kappa shape index (κ2) is 5.24. The second-order valence-corrected chi connectivity index (χ2v) is 9.02. The lowest BCUT2D eigenvalue weighted by molar-refractivity contribution is -0.152. The third kappa shape index (κ3) is 2.77. The first-order valence-corrected chi connectivity index (χ1v) is 8.74. The molecule has 2 aliphatic carbocycles. The fraction of sp³-hybridized carbons (Fsp3) is 0.889. The molecule has 2 saturated carbocycles. The van der Waals surface area contributed by atoms with Crippen LogP contribution in [0.5, 0.6) is 0 Å². The number of hydrogen-bond donors (Lipinski definition) is 1. The summed E-state index contributed by atoms with van der Waals surface area (Å²) in [5.41, 5.74) is 0.501. The van der Waals surface area contributed by atoms with E-state index in [4.69, 9.17) is 0 Å². The summed E-state index contributed by atoms with van der Waals surface area (Å²) in [5.74, 6) is -1.43. The van der Waals surface area contributed by atoms with Crippen molar-refractivity contribution in [1.82, 2.24) is 4.90 Å². The summed E-state index contributed by atoms with van der Waals surface area (Å²) in [5, 5.41) is 9.45. The van der Waals surface area contributed by atoms with Crippen molar-refractivity contribution in [2.45, 2.75) is 71.8 Å². The molecular formula is C18H29NO3. The van der Waals surface area contributed by atoms with Gasteiger partial charge in [-0.15, -0.1) is 0 Å². The van der Waals surface area contributed by atoms with Gasteiger partial charge in [-0.3, -0.25) is 9.59 Å². The van der Waals surface area contributed by atoms with Gasteiger partial charge < -0.3 is 10.0 Å². The maximum Gasteiger partial charge on any atom is 0.307 e. The number of rotatable bonds is 2. The Labute approximate surface area is 133 Å². The Hall–Kier alpha value is -1.06. The SMILES string of the molecule is CC1(C)C[C@H]2C[C@@](C)(CN2C(=O)[C@@H]2CCCC[C@@H]2C(=O)O)C1. The number of carboxylic acid groups (broad SMARTS) is 1. The van der Waals surface area contributed by atoms with E-state index in [1.807, 2.05) is 0 Å². The number of carboxylic acids is 1. The summed E-state index contributed by atoms with van der Waals surface area (Å²) in [6.45, 7) is 7.71. The normalized spacial score (nSPS) is 40.5. The van der Waals surface area contributed by atoms with Gasteiger partial charge in [-0.2, -0.15) is 0 Å². The van der Waals surface area contributed by atoms with Crippen LogP contribution in [0.4, 0.5) is 0 Å². The topological polar surface area (TPSA) is 57.6 Å². The number of carbonyl (C=O) groups excluding carboxylic acids is 1. The van der Waals surface area contributed by atoms with Crippen LogP contribution in [0.3, 0.4) is 0 Å². The molecule has 0 aromatic rings. The number of carbonyl (C=O) groups is 2. The fourth-order valence-corrected chi connectivity index (χ4v) is 5.65. The fourth-order valence-electron chi connectivity index (χ4n) is 5.65. The Bertz CT molecular complexity index is 487. The maximum atomic E-state index is 13.1.